The van der Waals surface area contributed by atoms with Crippen molar-refractivity contribution in [2.45, 2.75) is 6.42 Å². The largest absolute Gasteiger partial charge is 0.352 e. The van der Waals surface area contributed by atoms with E-state index < -0.39 is 5.82 Å². The van der Waals surface area contributed by atoms with Gasteiger partial charge in [-0.15, -0.1) is 0 Å². The zero-order valence-corrected chi connectivity index (χ0v) is 10.8. The second kappa shape index (κ2) is 6.29. The molecule has 0 aliphatic rings. The number of nitrogens with zero attached hydrogens (tertiary/aromatic N) is 1. The first-order valence-corrected chi connectivity index (χ1v) is 6.17. The maximum atomic E-state index is 13.0. The van der Waals surface area contributed by atoms with Gasteiger partial charge in [-0.25, -0.2) is 4.39 Å². The van der Waals surface area contributed by atoms with Gasteiger partial charge in [0.2, 0.25) is 0 Å². The summed E-state index contributed by atoms with van der Waals surface area (Å²) in [5.41, 5.74) is 1.44. The highest BCUT2D eigenvalue weighted by Crippen LogP contribution is 2.16. The smallest absolute Gasteiger partial charge is 0.251 e. The van der Waals surface area contributed by atoms with Gasteiger partial charge in [-0.3, -0.25) is 9.78 Å². The highest BCUT2D eigenvalue weighted by Gasteiger charge is 2.05. The summed E-state index contributed by atoms with van der Waals surface area (Å²) in [5.74, 6) is -0.596. The Hall–Kier alpha value is -1.94. The number of carbonyl (C=O) groups excluding carboxylic acids is 1. The van der Waals surface area contributed by atoms with E-state index in [-0.39, 0.29) is 10.9 Å². The summed E-state index contributed by atoms with van der Waals surface area (Å²) in [4.78, 5) is 15.6. The highest BCUT2D eigenvalue weighted by molar-refractivity contribution is 6.30. The molecule has 0 aliphatic carbocycles. The number of rotatable bonds is 4. The summed E-state index contributed by atoms with van der Waals surface area (Å²) in [6, 6.07) is 7.83. The second-order valence-electron chi connectivity index (χ2n) is 3.99. The van der Waals surface area contributed by atoms with Crippen LogP contribution in [0.3, 0.4) is 0 Å². The fraction of sp³-hybridized carbons (Fsp3) is 0.143. The van der Waals surface area contributed by atoms with Gasteiger partial charge in [0.1, 0.15) is 5.82 Å². The molecule has 0 atom stereocenters. The van der Waals surface area contributed by atoms with Crippen LogP contribution < -0.4 is 5.32 Å². The first kappa shape index (κ1) is 13.5. The van der Waals surface area contributed by atoms with Gasteiger partial charge in [0.25, 0.3) is 5.91 Å². The number of hydrogen-bond acceptors (Lipinski definition) is 2. The van der Waals surface area contributed by atoms with Crippen molar-refractivity contribution in [3.63, 3.8) is 0 Å². The zero-order valence-electron chi connectivity index (χ0n) is 10.1. The van der Waals surface area contributed by atoms with Gasteiger partial charge in [-0.05, 0) is 36.2 Å². The number of halogens is 2. The SMILES string of the molecule is O=C(NCCc1ccc(F)c(Cl)c1)c1ccncc1. The quantitative estimate of drug-likeness (QED) is 0.934. The van der Waals surface area contributed by atoms with Crippen molar-refractivity contribution >= 4 is 17.5 Å². The summed E-state index contributed by atoms with van der Waals surface area (Å²) in [6.07, 6.45) is 3.72. The Morgan fingerprint density at radius 3 is 2.68 bits per heavy atom. The molecule has 3 nitrogen and oxygen atoms in total. The van der Waals surface area contributed by atoms with E-state index in [1.54, 1.807) is 36.7 Å². The number of nitrogens with one attached hydrogen (secondary N) is 1. The van der Waals surface area contributed by atoms with Crippen LogP contribution >= 0.6 is 11.6 Å². The van der Waals surface area contributed by atoms with Crippen LogP contribution in [0.25, 0.3) is 0 Å². The third kappa shape index (κ3) is 3.76. The van der Waals surface area contributed by atoms with Crippen LogP contribution in [-0.4, -0.2) is 17.4 Å². The van der Waals surface area contributed by atoms with Gasteiger partial charge in [-0.1, -0.05) is 17.7 Å². The summed E-state index contributed by atoms with van der Waals surface area (Å²) in [7, 11) is 0. The normalized spacial score (nSPS) is 10.2. The zero-order chi connectivity index (χ0) is 13.7. The van der Waals surface area contributed by atoms with E-state index in [0.717, 1.165) is 5.56 Å². The molecule has 1 N–H and O–H groups in total. The van der Waals surface area contributed by atoms with Gasteiger partial charge in [0.05, 0.1) is 5.02 Å². The summed E-state index contributed by atoms with van der Waals surface area (Å²) in [6.45, 7) is 0.461. The number of carbonyl (C=O) groups is 1. The molecule has 0 unspecified atom stereocenters. The molecule has 0 bridgehead atoms. The van der Waals surface area contributed by atoms with E-state index in [2.05, 4.69) is 10.3 Å². The summed E-state index contributed by atoms with van der Waals surface area (Å²) < 4.78 is 13.0. The van der Waals surface area contributed by atoms with Crippen molar-refractivity contribution in [3.8, 4) is 0 Å². The van der Waals surface area contributed by atoms with E-state index >= 15 is 0 Å². The maximum absolute atomic E-state index is 13.0. The standard InChI is InChI=1S/C14H12ClFN2O/c15-12-9-10(1-2-13(12)16)3-8-18-14(19)11-4-6-17-7-5-11/h1-2,4-7,9H,3,8H2,(H,18,19). The lowest BCUT2D eigenvalue weighted by Crippen LogP contribution is -2.25. The average Bonchev–Trinajstić information content (AvgIpc) is 2.43. The molecule has 0 aliphatic heterocycles. The van der Waals surface area contributed by atoms with E-state index in [4.69, 9.17) is 11.6 Å². The Morgan fingerprint density at radius 2 is 2.00 bits per heavy atom. The Balaban J connectivity index is 1.87. The van der Waals surface area contributed by atoms with Gasteiger partial charge in [-0.2, -0.15) is 0 Å². The first-order valence-electron chi connectivity index (χ1n) is 5.79. The molecule has 0 spiro atoms. The molecule has 0 radical (unpaired) electrons. The van der Waals surface area contributed by atoms with Gasteiger partial charge >= 0.3 is 0 Å². The molecule has 1 heterocycles. The molecule has 98 valence electrons. The number of aromatic nitrogens is 1. The van der Waals surface area contributed by atoms with Crippen molar-refractivity contribution < 1.29 is 9.18 Å². The predicted molar refractivity (Wildman–Crippen MR) is 71.7 cm³/mol. The van der Waals surface area contributed by atoms with E-state index in [9.17, 15) is 9.18 Å². The molecule has 2 rings (SSSR count). The molecule has 5 heteroatoms. The molecular formula is C14H12ClFN2O. The van der Waals surface area contributed by atoms with Gasteiger partial charge in [0, 0.05) is 24.5 Å². The fourth-order valence-corrected chi connectivity index (χ4v) is 1.82. The van der Waals surface area contributed by atoms with E-state index in [0.29, 0.717) is 18.5 Å². The molecular weight excluding hydrogens is 267 g/mol. The molecule has 2 aromatic rings. The molecule has 0 saturated heterocycles. The third-order valence-electron chi connectivity index (χ3n) is 2.63. The summed E-state index contributed by atoms with van der Waals surface area (Å²) in [5, 5.41) is 2.87. The first-order chi connectivity index (χ1) is 9.16. The number of pyridine rings is 1. The van der Waals surface area contributed by atoms with Crippen LogP contribution in [-0.2, 0) is 6.42 Å². The third-order valence-corrected chi connectivity index (χ3v) is 2.92. The number of hydrogen-bond donors (Lipinski definition) is 1. The Bertz CT molecular complexity index is 575. The van der Waals surface area contributed by atoms with Crippen LogP contribution in [0.15, 0.2) is 42.7 Å². The summed E-state index contributed by atoms with van der Waals surface area (Å²) >= 11 is 5.68. The second-order valence-corrected chi connectivity index (χ2v) is 4.40. The van der Waals surface area contributed by atoms with Crippen molar-refractivity contribution in [2.75, 3.05) is 6.54 Å². The van der Waals surface area contributed by atoms with Crippen LogP contribution in [0, 0.1) is 5.82 Å². The van der Waals surface area contributed by atoms with Crippen LogP contribution in [0.2, 0.25) is 5.02 Å². The maximum Gasteiger partial charge on any atom is 0.251 e. The predicted octanol–water partition coefficient (Wildman–Crippen LogP) is 2.85. The van der Waals surface area contributed by atoms with Crippen LogP contribution in [0.5, 0.6) is 0 Å². The molecule has 0 saturated carbocycles. The van der Waals surface area contributed by atoms with Gasteiger partial charge < -0.3 is 5.32 Å². The minimum Gasteiger partial charge on any atom is -0.352 e. The minimum atomic E-state index is -0.439. The Kier molecular flexibility index (Phi) is 4.47. The van der Waals surface area contributed by atoms with Crippen LogP contribution in [0.1, 0.15) is 15.9 Å². The molecule has 1 amide bonds. The van der Waals surface area contributed by atoms with Gasteiger partial charge in [0.15, 0.2) is 0 Å². The Labute approximate surface area is 115 Å². The lowest BCUT2D eigenvalue weighted by Gasteiger charge is -2.05. The Morgan fingerprint density at radius 1 is 1.26 bits per heavy atom. The molecule has 1 aromatic heterocycles. The van der Waals surface area contributed by atoms with E-state index in [1.165, 1.54) is 6.07 Å². The van der Waals surface area contributed by atoms with Crippen molar-refractivity contribution in [2.24, 2.45) is 0 Å². The molecule has 0 fully saturated rings. The average molecular weight is 279 g/mol. The van der Waals surface area contributed by atoms with E-state index in [1.807, 2.05) is 0 Å². The highest BCUT2D eigenvalue weighted by atomic mass is 35.5. The lowest BCUT2D eigenvalue weighted by atomic mass is 10.1. The monoisotopic (exact) mass is 278 g/mol. The van der Waals surface area contributed by atoms with Crippen molar-refractivity contribution in [1.29, 1.82) is 0 Å². The lowest BCUT2D eigenvalue weighted by molar-refractivity contribution is 0.0954. The topological polar surface area (TPSA) is 42.0 Å². The molecule has 19 heavy (non-hydrogen) atoms. The van der Waals surface area contributed by atoms with Crippen molar-refractivity contribution in [1.82, 2.24) is 10.3 Å². The van der Waals surface area contributed by atoms with Crippen molar-refractivity contribution in [3.05, 3.63) is 64.7 Å². The van der Waals surface area contributed by atoms with Crippen LogP contribution in [0.4, 0.5) is 4.39 Å². The number of amides is 1. The number of benzene rings is 1. The minimum absolute atomic E-state index is 0.0953. The molecule has 1 aromatic carbocycles. The fourth-order valence-electron chi connectivity index (χ4n) is 1.62.